The Kier molecular flexibility index (Phi) is 3.32. The number of nitrogens with zero attached hydrogens (tertiary/aromatic N) is 2. The quantitative estimate of drug-likeness (QED) is 0.817. The van der Waals surface area contributed by atoms with Crippen molar-refractivity contribution in [3.8, 4) is 0 Å². The van der Waals surface area contributed by atoms with E-state index in [-0.39, 0.29) is 5.97 Å². The summed E-state index contributed by atoms with van der Waals surface area (Å²) < 4.78 is 7.24. The third-order valence-electron chi connectivity index (χ3n) is 3.93. The fourth-order valence-corrected chi connectivity index (χ4v) is 3.81. The highest BCUT2D eigenvalue weighted by atomic mass is 32.1. The number of ether oxygens (including phenoxy) is 1. The zero-order valence-corrected chi connectivity index (χ0v) is 13.0. The van der Waals surface area contributed by atoms with Crippen LogP contribution in [0.3, 0.4) is 0 Å². The number of thiazole rings is 1. The van der Waals surface area contributed by atoms with E-state index in [1.165, 1.54) is 17.8 Å². The highest BCUT2D eigenvalue weighted by Crippen LogP contribution is 2.36. The van der Waals surface area contributed by atoms with E-state index in [2.05, 4.69) is 18.2 Å². The summed E-state index contributed by atoms with van der Waals surface area (Å²) in [5.74, 6) is -0.162. The van der Waals surface area contributed by atoms with E-state index < -0.39 is 0 Å². The zero-order chi connectivity index (χ0) is 14.3. The van der Waals surface area contributed by atoms with Crippen molar-refractivity contribution in [3.63, 3.8) is 0 Å². The Labute approximate surface area is 122 Å². The van der Waals surface area contributed by atoms with E-state index in [9.17, 15) is 4.79 Å². The number of aryl methyl sites for hydroxylation is 1. The molecule has 1 aliphatic rings. The van der Waals surface area contributed by atoms with Crippen molar-refractivity contribution >= 4 is 22.3 Å². The van der Waals surface area contributed by atoms with Crippen molar-refractivity contribution < 1.29 is 9.53 Å². The van der Waals surface area contributed by atoms with Crippen molar-refractivity contribution in [3.05, 3.63) is 22.5 Å². The maximum atomic E-state index is 11.7. The Morgan fingerprint density at radius 2 is 2.35 bits per heavy atom. The summed E-state index contributed by atoms with van der Waals surface area (Å²) in [6.45, 7) is 6.86. The Hall–Kier alpha value is -1.36. The number of carbonyl (C=O) groups excluding carboxylic acids is 1. The third-order valence-corrected chi connectivity index (χ3v) is 4.80. The van der Waals surface area contributed by atoms with E-state index in [4.69, 9.17) is 9.72 Å². The summed E-state index contributed by atoms with van der Waals surface area (Å²) in [6.07, 6.45) is 3.57. The van der Waals surface area contributed by atoms with Crippen LogP contribution in [0.2, 0.25) is 0 Å². The largest absolute Gasteiger partial charge is 0.466 e. The predicted molar refractivity (Wildman–Crippen MR) is 79.2 cm³/mol. The van der Waals surface area contributed by atoms with Crippen molar-refractivity contribution in [1.29, 1.82) is 0 Å². The van der Waals surface area contributed by atoms with Crippen LogP contribution in [0.4, 0.5) is 0 Å². The molecule has 2 aromatic heterocycles. The Balaban J connectivity index is 1.99. The molecule has 1 aliphatic carbocycles. The molecule has 2 heterocycles. The lowest BCUT2D eigenvalue weighted by molar-refractivity contribution is -0.142. The van der Waals surface area contributed by atoms with Gasteiger partial charge >= 0.3 is 5.97 Å². The molecule has 0 amide bonds. The molecule has 0 atom stereocenters. The van der Waals surface area contributed by atoms with Crippen molar-refractivity contribution in [2.75, 3.05) is 6.61 Å². The van der Waals surface area contributed by atoms with E-state index in [1.807, 2.05) is 12.3 Å². The lowest BCUT2D eigenvalue weighted by Gasteiger charge is -2.29. The summed E-state index contributed by atoms with van der Waals surface area (Å²) in [6, 6.07) is 0. The molecule has 2 aromatic rings. The van der Waals surface area contributed by atoms with Crippen LogP contribution < -0.4 is 0 Å². The van der Waals surface area contributed by atoms with Crippen LogP contribution in [0.15, 0.2) is 5.38 Å². The molecule has 0 N–H and O–H groups in total. The first kappa shape index (κ1) is 13.6. The number of hydrogen-bond acceptors (Lipinski definition) is 4. The molecule has 108 valence electrons. The number of fused-ring (bicyclic) bond motifs is 3. The second-order valence-electron chi connectivity index (χ2n) is 6.17. The van der Waals surface area contributed by atoms with Crippen LogP contribution in [-0.2, 0) is 28.8 Å². The average molecular weight is 292 g/mol. The molecule has 0 aliphatic heterocycles. The van der Waals surface area contributed by atoms with Crippen LogP contribution in [-0.4, -0.2) is 22.0 Å². The number of carbonyl (C=O) groups is 1. The molecule has 4 nitrogen and oxygen atoms in total. The first-order chi connectivity index (χ1) is 9.50. The van der Waals surface area contributed by atoms with Crippen molar-refractivity contribution in [1.82, 2.24) is 9.38 Å². The molecule has 20 heavy (non-hydrogen) atoms. The minimum Gasteiger partial charge on any atom is -0.466 e. The van der Waals surface area contributed by atoms with Gasteiger partial charge in [-0.1, -0.05) is 13.8 Å². The summed E-state index contributed by atoms with van der Waals surface area (Å²) in [5, 5.41) is 2.03. The molecule has 5 heteroatoms. The second kappa shape index (κ2) is 4.88. The van der Waals surface area contributed by atoms with Gasteiger partial charge in [0.2, 0.25) is 0 Å². The van der Waals surface area contributed by atoms with Gasteiger partial charge in [0.1, 0.15) is 0 Å². The lowest BCUT2D eigenvalue weighted by atomic mass is 9.78. The maximum Gasteiger partial charge on any atom is 0.311 e. The Bertz CT molecular complexity index is 654. The number of imidazole rings is 1. The van der Waals surface area contributed by atoms with Gasteiger partial charge in [-0.2, -0.15) is 0 Å². The van der Waals surface area contributed by atoms with Gasteiger partial charge in [0.15, 0.2) is 4.96 Å². The minimum atomic E-state index is -0.162. The average Bonchev–Trinajstić information content (AvgIpc) is 2.89. The molecule has 0 radical (unpaired) electrons. The molecule has 3 rings (SSSR count). The summed E-state index contributed by atoms with van der Waals surface area (Å²) in [5.41, 5.74) is 3.82. The Morgan fingerprint density at radius 1 is 1.55 bits per heavy atom. The van der Waals surface area contributed by atoms with E-state index in [0.29, 0.717) is 18.4 Å². The van der Waals surface area contributed by atoms with Gasteiger partial charge in [0.25, 0.3) is 0 Å². The molecule has 0 spiro atoms. The molecule has 0 fully saturated rings. The highest BCUT2D eigenvalue weighted by molar-refractivity contribution is 7.15. The van der Waals surface area contributed by atoms with Gasteiger partial charge < -0.3 is 4.74 Å². The number of esters is 1. The van der Waals surface area contributed by atoms with Crippen molar-refractivity contribution in [2.45, 2.75) is 46.5 Å². The van der Waals surface area contributed by atoms with Gasteiger partial charge in [-0.3, -0.25) is 9.20 Å². The van der Waals surface area contributed by atoms with Gasteiger partial charge in [-0.05, 0) is 31.6 Å². The number of hydrogen-bond donors (Lipinski definition) is 0. The molecule has 0 saturated carbocycles. The topological polar surface area (TPSA) is 43.6 Å². The lowest BCUT2D eigenvalue weighted by Crippen LogP contribution is -2.23. The Morgan fingerprint density at radius 3 is 3.10 bits per heavy atom. The monoisotopic (exact) mass is 292 g/mol. The third kappa shape index (κ3) is 2.35. The fraction of sp³-hybridized carbons (Fsp3) is 0.600. The molecule has 0 aromatic carbocycles. The van der Waals surface area contributed by atoms with Crippen LogP contribution >= 0.6 is 11.3 Å². The SMILES string of the molecule is CCOC(=O)Cc1csc2nc3c(n12)CC(C)(C)CC3. The van der Waals surface area contributed by atoms with Crippen LogP contribution in [0.25, 0.3) is 4.96 Å². The van der Waals surface area contributed by atoms with Crippen LogP contribution in [0.5, 0.6) is 0 Å². The zero-order valence-electron chi connectivity index (χ0n) is 12.2. The van der Waals surface area contributed by atoms with Gasteiger partial charge in [-0.25, -0.2) is 4.98 Å². The van der Waals surface area contributed by atoms with Gasteiger partial charge in [-0.15, -0.1) is 11.3 Å². The van der Waals surface area contributed by atoms with Gasteiger partial charge in [0.05, 0.1) is 18.7 Å². The van der Waals surface area contributed by atoms with Gasteiger partial charge in [0, 0.05) is 16.8 Å². The smallest absolute Gasteiger partial charge is 0.311 e. The van der Waals surface area contributed by atoms with E-state index in [1.54, 1.807) is 11.3 Å². The first-order valence-corrected chi connectivity index (χ1v) is 8.00. The summed E-state index contributed by atoms with van der Waals surface area (Å²) in [4.78, 5) is 17.4. The van der Waals surface area contributed by atoms with E-state index >= 15 is 0 Å². The standard InChI is InChI=1S/C15H20N2O2S/c1-4-19-13(18)7-10-9-20-14-16-11-5-6-15(2,3)8-12(11)17(10)14/h9H,4-8H2,1-3H3. The predicted octanol–water partition coefficient (Wildman–Crippen LogP) is 3.02. The minimum absolute atomic E-state index is 0.162. The first-order valence-electron chi connectivity index (χ1n) is 7.12. The second-order valence-corrected chi connectivity index (χ2v) is 7.01. The number of rotatable bonds is 3. The normalized spacial score (nSPS) is 17.1. The maximum absolute atomic E-state index is 11.7. The highest BCUT2D eigenvalue weighted by Gasteiger charge is 2.30. The molecular formula is C15H20N2O2S. The van der Waals surface area contributed by atoms with Crippen molar-refractivity contribution in [2.24, 2.45) is 5.41 Å². The summed E-state index contributed by atoms with van der Waals surface area (Å²) >= 11 is 1.61. The number of aromatic nitrogens is 2. The summed E-state index contributed by atoms with van der Waals surface area (Å²) in [7, 11) is 0. The van der Waals surface area contributed by atoms with Crippen LogP contribution in [0.1, 0.15) is 44.3 Å². The van der Waals surface area contributed by atoms with E-state index in [0.717, 1.165) is 23.5 Å². The van der Waals surface area contributed by atoms with Crippen LogP contribution in [0, 0.1) is 5.41 Å². The fourth-order valence-electron chi connectivity index (χ4n) is 2.88. The molecule has 0 saturated heterocycles. The molecule has 0 bridgehead atoms. The molecular weight excluding hydrogens is 272 g/mol. The molecule has 0 unspecified atom stereocenters.